The monoisotopic (exact) mass is 234 g/mol. The molecule has 1 aliphatic rings. The zero-order valence-corrected chi connectivity index (χ0v) is 10.7. The van der Waals surface area contributed by atoms with Gasteiger partial charge in [-0.1, -0.05) is 17.7 Å². The molecule has 0 saturated carbocycles. The van der Waals surface area contributed by atoms with Crippen molar-refractivity contribution in [1.82, 2.24) is 5.32 Å². The molecule has 1 fully saturated rings. The largest absolute Gasteiger partial charge is 0.396 e. The van der Waals surface area contributed by atoms with Gasteiger partial charge >= 0.3 is 0 Å². The van der Waals surface area contributed by atoms with Crippen molar-refractivity contribution in [2.24, 2.45) is 0 Å². The van der Waals surface area contributed by atoms with Gasteiger partial charge in [0, 0.05) is 37.5 Å². The number of hydrogen-bond acceptors (Lipinski definition) is 3. The van der Waals surface area contributed by atoms with Crippen molar-refractivity contribution in [2.45, 2.75) is 32.4 Å². The van der Waals surface area contributed by atoms with Crippen LogP contribution in [0.4, 0.5) is 5.69 Å². The molecule has 1 saturated heterocycles. The van der Waals surface area contributed by atoms with Gasteiger partial charge in [-0.05, 0) is 32.4 Å². The standard InChI is InChI=1S/C14H22N2O/c1-11-3-5-13(6-4-11)16-12(2)9-15-10-14(16)7-8-17/h3-6,12,14-15,17H,7-10H2,1-2H3. The van der Waals surface area contributed by atoms with Crippen LogP contribution >= 0.6 is 0 Å². The lowest BCUT2D eigenvalue weighted by atomic mass is 10.0. The fourth-order valence-electron chi connectivity index (χ4n) is 2.59. The average Bonchev–Trinajstić information content (AvgIpc) is 2.32. The molecule has 0 radical (unpaired) electrons. The van der Waals surface area contributed by atoms with E-state index in [4.69, 9.17) is 5.11 Å². The molecule has 1 aromatic carbocycles. The number of anilines is 1. The first-order valence-corrected chi connectivity index (χ1v) is 6.39. The van der Waals surface area contributed by atoms with Crippen LogP contribution in [0.25, 0.3) is 0 Å². The van der Waals surface area contributed by atoms with Gasteiger partial charge in [0.25, 0.3) is 0 Å². The van der Waals surface area contributed by atoms with Crippen LogP contribution < -0.4 is 10.2 Å². The van der Waals surface area contributed by atoms with Crippen molar-refractivity contribution in [3.05, 3.63) is 29.8 Å². The predicted molar refractivity (Wildman–Crippen MR) is 71.5 cm³/mol. The molecule has 1 aromatic rings. The Kier molecular flexibility index (Phi) is 4.02. The molecule has 1 aliphatic heterocycles. The summed E-state index contributed by atoms with van der Waals surface area (Å²) in [4.78, 5) is 2.44. The minimum atomic E-state index is 0.251. The highest BCUT2D eigenvalue weighted by atomic mass is 16.3. The molecule has 3 heteroatoms. The molecule has 2 atom stereocenters. The topological polar surface area (TPSA) is 35.5 Å². The van der Waals surface area contributed by atoms with E-state index in [1.54, 1.807) is 0 Å². The van der Waals surface area contributed by atoms with Gasteiger partial charge in [-0.25, -0.2) is 0 Å². The van der Waals surface area contributed by atoms with Crippen LogP contribution in [0.3, 0.4) is 0 Å². The van der Waals surface area contributed by atoms with E-state index in [1.807, 2.05) is 0 Å². The van der Waals surface area contributed by atoms with Crippen LogP contribution in [0.5, 0.6) is 0 Å². The summed E-state index contributed by atoms with van der Waals surface area (Å²) >= 11 is 0. The number of rotatable bonds is 3. The lowest BCUT2D eigenvalue weighted by Crippen LogP contribution is -2.56. The highest BCUT2D eigenvalue weighted by molar-refractivity contribution is 5.50. The first-order chi connectivity index (χ1) is 8.22. The van der Waals surface area contributed by atoms with Crippen LogP contribution in [0.2, 0.25) is 0 Å². The second kappa shape index (κ2) is 5.52. The Morgan fingerprint density at radius 1 is 1.29 bits per heavy atom. The Morgan fingerprint density at radius 3 is 2.65 bits per heavy atom. The van der Waals surface area contributed by atoms with Crippen LogP contribution in [0.15, 0.2) is 24.3 Å². The maximum absolute atomic E-state index is 9.16. The molecule has 2 rings (SSSR count). The summed E-state index contributed by atoms with van der Waals surface area (Å²) in [6, 6.07) is 9.54. The number of nitrogens with zero attached hydrogens (tertiary/aromatic N) is 1. The number of piperazine rings is 1. The molecule has 17 heavy (non-hydrogen) atoms. The lowest BCUT2D eigenvalue weighted by Gasteiger charge is -2.43. The Bertz CT molecular complexity index is 348. The van der Waals surface area contributed by atoms with Gasteiger partial charge in [-0.3, -0.25) is 0 Å². The molecule has 0 amide bonds. The molecule has 0 aromatic heterocycles. The van der Waals surface area contributed by atoms with Gasteiger partial charge in [-0.2, -0.15) is 0 Å². The molecule has 2 unspecified atom stereocenters. The Morgan fingerprint density at radius 2 is 2.00 bits per heavy atom. The van der Waals surface area contributed by atoms with Gasteiger partial charge in [0.2, 0.25) is 0 Å². The zero-order valence-electron chi connectivity index (χ0n) is 10.7. The number of hydrogen-bond donors (Lipinski definition) is 2. The van der Waals surface area contributed by atoms with Gasteiger partial charge in [-0.15, -0.1) is 0 Å². The third kappa shape index (κ3) is 2.79. The molecular weight excluding hydrogens is 212 g/mol. The van der Waals surface area contributed by atoms with E-state index in [2.05, 4.69) is 48.3 Å². The number of nitrogens with one attached hydrogen (secondary N) is 1. The van der Waals surface area contributed by atoms with Crippen LogP contribution in [-0.4, -0.2) is 36.9 Å². The van der Waals surface area contributed by atoms with Crippen molar-refractivity contribution < 1.29 is 5.11 Å². The lowest BCUT2D eigenvalue weighted by molar-refractivity contribution is 0.259. The van der Waals surface area contributed by atoms with Crippen LogP contribution in [-0.2, 0) is 0 Å². The third-order valence-electron chi connectivity index (χ3n) is 3.48. The third-order valence-corrected chi connectivity index (χ3v) is 3.48. The van der Waals surface area contributed by atoms with E-state index in [9.17, 15) is 0 Å². The SMILES string of the molecule is Cc1ccc(N2C(C)CNCC2CCO)cc1. The minimum absolute atomic E-state index is 0.251. The predicted octanol–water partition coefficient (Wildman–Crippen LogP) is 1.54. The second-order valence-electron chi connectivity index (χ2n) is 4.92. The Balaban J connectivity index is 2.21. The molecule has 94 valence electrons. The Hall–Kier alpha value is -1.06. The van der Waals surface area contributed by atoms with Crippen molar-refractivity contribution >= 4 is 5.69 Å². The van der Waals surface area contributed by atoms with Gasteiger partial charge in [0.1, 0.15) is 0 Å². The van der Waals surface area contributed by atoms with Crippen molar-refractivity contribution in [2.75, 3.05) is 24.6 Å². The van der Waals surface area contributed by atoms with Crippen LogP contribution in [0.1, 0.15) is 18.9 Å². The summed E-state index contributed by atoms with van der Waals surface area (Å²) in [7, 11) is 0. The fourth-order valence-corrected chi connectivity index (χ4v) is 2.59. The van der Waals surface area contributed by atoms with E-state index in [0.717, 1.165) is 19.5 Å². The molecule has 2 N–H and O–H groups in total. The van der Waals surface area contributed by atoms with Gasteiger partial charge < -0.3 is 15.3 Å². The molecule has 0 spiro atoms. The number of aliphatic hydroxyl groups is 1. The first kappa shape index (κ1) is 12.4. The minimum Gasteiger partial charge on any atom is -0.396 e. The number of benzene rings is 1. The summed E-state index contributed by atoms with van der Waals surface area (Å²) in [5, 5.41) is 12.6. The number of aryl methyl sites for hydroxylation is 1. The summed E-state index contributed by atoms with van der Waals surface area (Å²) in [5.41, 5.74) is 2.55. The van der Waals surface area contributed by atoms with E-state index in [1.165, 1.54) is 11.3 Å². The molecule has 3 nitrogen and oxygen atoms in total. The van der Waals surface area contributed by atoms with Crippen molar-refractivity contribution in [1.29, 1.82) is 0 Å². The van der Waals surface area contributed by atoms with E-state index < -0.39 is 0 Å². The van der Waals surface area contributed by atoms with Gasteiger partial charge in [0.05, 0.1) is 0 Å². The van der Waals surface area contributed by atoms with Crippen molar-refractivity contribution in [3.8, 4) is 0 Å². The van der Waals surface area contributed by atoms with Gasteiger partial charge in [0.15, 0.2) is 0 Å². The summed E-state index contributed by atoms with van der Waals surface area (Å²) < 4.78 is 0. The Labute approximate surface area is 103 Å². The quantitative estimate of drug-likeness (QED) is 0.833. The maximum atomic E-state index is 9.16. The molecule has 0 aliphatic carbocycles. The highest BCUT2D eigenvalue weighted by Crippen LogP contribution is 2.23. The van der Waals surface area contributed by atoms with Crippen molar-refractivity contribution in [3.63, 3.8) is 0 Å². The molecule has 0 bridgehead atoms. The molecular formula is C14H22N2O. The van der Waals surface area contributed by atoms with Crippen LogP contribution in [0, 0.1) is 6.92 Å². The number of aliphatic hydroxyl groups excluding tert-OH is 1. The second-order valence-corrected chi connectivity index (χ2v) is 4.92. The highest BCUT2D eigenvalue weighted by Gasteiger charge is 2.27. The van der Waals surface area contributed by atoms with E-state index in [-0.39, 0.29) is 6.61 Å². The summed E-state index contributed by atoms with van der Waals surface area (Å²) in [6.45, 7) is 6.56. The smallest absolute Gasteiger partial charge is 0.0451 e. The average molecular weight is 234 g/mol. The maximum Gasteiger partial charge on any atom is 0.0451 e. The fraction of sp³-hybridized carbons (Fsp3) is 0.571. The normalized spacial score (nSPS) is 25.0. The zero-order chi connectivity index (χ0) is 12.3. The van der Waals surface area contributed by atoms with E-state index >= 15 is 0 Å². The summed E-state index contributed by atoms with van der Waals surface area (Å²) in [5.74, 6) is 0. The first-order valence-electron chi connectivity index (χ1n) is 6.39. The van der Waals surface area contributed by atoms with E-state index in [0.29, 0.717) is 12.1 Å². The molecule has 1 heterocycles. The summed E-state index contributed by atoms with van der Waals surface area (Å²) in [6.07, 6.45) is 0.825.